The van der Waals surface area contributed by atoms with Gasteiger partial charge in [0.2, 0.25) is 0 Å². The first-order valence-corrected chi connectivity index (χ1v) is 2.80. The molecule has 4 heteroatoms. The Balaban J connectivity index is 0. The molecule has 0 aliphatic carbocycles. The molecule has 0 N–H and O–H groups in total. The van der Waals surface area contributed by atoms with Crippen molar-refractivity contribution in [3.05, 3.63) is 0 Å². The zero-order valence-electron chi connectivity index (χ0n) is 6.09. The average Bonchev–Trinajstić information content (AvgIpc) is 1.68. The number of hydrogen-bond donors (Lipinski definition) is 0. The Morgan fingerprint density at radius 3 is 1.67 bits per heavy atom. The SMILES string of the molecule is CCON(C)OCC.Cl. The van der Waals surface area contributed by atoms with Crippen molar-refractivity contribution in [2.24, 2.45) is 0 Å². The van der Waals surface area contributed by atoms with Crippen LogP contribution in [0.4, 0.5) is 0 Å². The molecule has 0 aromatic rings. The molecule has 0 fully saturated rings. The summed E-state index contributed by atoms with van der Waals surface area (Å²) in [6.45, 7) is 5.12. The first-order valence-electron chi connectivity index (χ1n) is 2.80. The predicted molar refractivity (Wildman–Crippen MR) is 38.3 cm³/mol. The largest absolute Gasteiger partial charge is 0.275 e. The fourth-order valence-corrected chi connectivity index (χ4v) is 0.401. The van der Waals surface area contributed by atoms with Gasteiger partial charge in [-0.15, -0.1) is 12.4 Å². The second-order valence-electron chi connectivity index (χ2n) is 1.28. The van der Waals surface area contributed by atoms with Crippen LogP contribution in [0.5, 0.6) is 0 Å². The highest BCUT2D eigenvalue weighted by Gasteiger charge is 1.90. The lowest BCUT2D eigenvalue weighted by Crippen LogP contribution is -2.18. The molecule has 3 nitrogen and oxygen atoms in total. The zero-order valence-corrected chi connectivity index (χ0v) is 6.90. The lowest BCUT2D eigenvalue weighted by molar-refractivity contribution is -0.349. The summed E-state index contributed by atoms with van der Waals surface area (Å²) >= 11 is 0. The summed E-state index contributed by atoms with van der Waals surface area (Å²) in [5.74, 6) is 0. The van der Waals surface area contributed by atoms with Crippen molar-refractivity contribution in [3.63, 3.8) is 0 Å². The first-order chi connectivity index (χ1) is 3.81. The minimum absolute atomic E-state index is 0. The second-order valence-corrected chi connectivity index (χ2v) is 1.28. The minimum atomic E-state index is 0. The van der Waals surface area contributed by atoms with Crippen LogP contribution in [0.25, 0.3) is 0 Å². The molecular formula is C5H14ClNO2. The van der Waals surface area contributed by atoms with E-state index in [1.165, 1.54) is 5.23 Å². The van der Waals surface area contributed by atoms with Gasteiger partial charge in [-0.05, 0) is 13.8 Å². The molecule has 0 aromatic carbocycles. The molecule has 0 bridgehead atoms. The van der Waals surface area contributed by atoms with Gasteiger partial charge in [0.15, 0.2) is 0 Å². The molecule has 9 heavy (non-hydrogen) atoms. The van der Waals surface area contributed by atoms with Crippen molar-refractivity contribution in [1.82, 2.24) is 5.23 Å². The lowest BCUT2D eigenvalue weighted by atomic mass is 10.9. The summed E-state index contributed by atoms with van der Waals surface area (Å²) in [6, 6.07) is 0. The Labute approximate surface area is 62.2 Å². The Morgan fingerprint density at radius 1 is 1.11 bits per heavy atom. The van der Waals surface area contributed by atoms with Crippen LogP contribution in [-0.2, 0) is 9.68 Å². The Kier molecular flexibility index (Phi) is 10.8. The molecule has 0 rings (SSSR count). The highest BCUT2D eigenvalue weighted by atomic mass is 35.5. The van der Waals surface area contributed by atoms with Crippen LogP contribution in [0, 0.1) is 0 Å². The van der Waals surface area contributed by atoms with Gasteiger partial charge in [0.25, 0.3) is 0 Å². The number of hydrogen-bond acceptors (Lipinski definition) is 3. The molecule has 0 unspecified atom stereocenters. The molecule has 0 heterocycles. The smallest absolute Gasteiger partial charge is 0.0683 e. The molecular weight excluding hydrogens is 142 g/mol. The highest BCUT2D eigenvalue weighted by Crippen LogP contribution is 1.84. The van der Waals surface area contributed by atoms with Gasteiger partial charge in [0, 0.05) is 7.05 Å². The molecule has 0 aromatic heterocycles. The van der Waals surface area contributed by atoms with Gasteiger partial charge in [0.1, 0.15) is 0 Å². The topological polar surface area (TPSA) is 21.7 Å². The summed E-state index contributed by atoms with van der Waals surface area (Å²) in [6.07, 6.45) is 0. The molecule has 0 aliphatic rings. The van der Waals surface area contributed by atoms with E-state index in [1.807, 2.05) is 13.8 Å². The van der Waals surface area contributed by atoms with Crippen LogP contribution in [0.15, 0.2) is 0 Å². The van der Waals surface area contributed by atoms with E-state index in [0.29, 0.717) is 13.2 Å². The Morgan fingerprint density at radius 2 is 1.44 bits per heavy atom. The maximum atomic E-state index is 4.89. The van der Waals surface area contributed by atoms with Crippen molar-refractivity contribution < 1.29 is 9.68 Å². The van der Waals surface area contributed by atoms with E-state index in [-0.39, 0.29) is 12.4 Å². The molecule has 0 spiro atoms. The highest BCUT2D eigenvalue weighted by molar-refractivity contribution is 5.85. The number of hydroxylamine groups is 2. The molecule has 58 valence electrons. The molecule has 0 amide bonds. The van der Waals surface area contributed by atoms with Crippen LogP contribution in [0.1, 0.15) is 13.8 Å². The van der Waals surface area contributed by atoms with Gasteiger partial charge in [-0.25, -0.2) is 0 Å². The van der Waals surface area contributed by atoms with Gasteiger partial charge in [-0.1, -0.05) is 5.23 Å². The van der Waals surface area contributed by atoms with Gasteiger partial charge < -0.3 is 0 Å². The average molecular weight is 156 g/mol. The number of rotatable bonds is 4. The van der Waals surface area contributed by atoms with E-state index in [9.17, 15) is 0 Å². The van der Waals surface area contributed by atoms with E-state index >= 15 is 0 Å². The summed E-state index contributed by atoms with van der Waals surface area (Å²) in [7, 11) is 1.73. The van der Waals surface area contributed by atoms with E-state index in [2.05, 4.69) is 0 Å². The van der Waals surface area contributed by atoms with Crippen LogP contribution in [0.2, 0.25) is 0 Å². The van der Waals surface area contributed by atoms with Gasteiger partial charge >= 0.3 is 0 Å². The molecule has 0 saturated heterocycles. The number of halogens is 1. The third-order valence-corrected chi connectivity index (χ3v) is 0.622. The maximum absolute atomic E-state index is 4.89. The maximum Gasteiger partial charge on any atom is 0.0683 e. The van der Waals surface area contributed by atoms with Crippen molar-refractivity contribution in [2.75, 3.05) is 20.3 Å². The van der Waals surface area contributed by atoms with Crippen molar-refractivity contribution in [2.45, 2.75) is 13.8 Å². The van der Waals surface area contributed by atoms with E-state index in [0.717, 1.165) is 0 Å². The molecule has 0 aliphatic heterocycles. The zero-order chi connectivity index (χ0) is 6.41. The molecule has 0 atom stereocenters. The van der Waals surface area contributed by atoms with Crippen LogP contribution in [0.3, 0.4) is 0 Å². The monoisotopic (exact) mass is 155 g/mol. The first kappa shape index (κ1) is 11.9. The van der Waals surface area contributed by atoms with Gasteiger partial charge in [-0.2, -0.15) is 0 Å². The fourth-order valence-electron chi connectivity index (χ4n) is 0.401. The van der Waals surface area contributed by atoms with Crippen molar-refractivity contribution >= 4 is 12.4 Å². The summed E-state index contributed by atoms with van der Waals surface area (Å²) < 4.78 is 0. The van der Waals surface area contributed by atoms with Crippen molar-refractivity contribution in [1.29, 1.82) is 0 Å². The van der Waals surface area contributed by atoms with Crippen LogP contribution < -0.4 is 0 Å². The van der Waals surface area contributed by atoms with E-state index < -0.39 is 0 Å². The Bertz CT molecular complexity index is 48.2. The van der Waals surface area contributed by atoms with Crippen molar-refractivity contribution in [3.8, 4) is 0 Å². The summed E-state index contributed by atoms with van der Waals surface area (Å²) in [5.41, 5.74) is 0. The van der Waals surface area contributed by atoms with E-state index in [1.54, 1.807) is 7.05 Å². The predicted octanol–water partition coefficient (Wildman–Crippen LogP) is 1.24. The van der Waals surface area contributed by atoms with E-state index in [4.69, 9.17) is 9.68 Å². The minimum Gasteiger partial charge on any atom is -0.275 e. The van der Waals surface area contributed by atoms with Gasteiger partial charge in [-0.3, -0.25) is 9.68 Å². The third kappa shape index (κ3) is 8.17. The molecule has 0 radical (unpaired) electrons. The second kappa shape index (κ2) is 8.17. The number of nitrogens with zero attached hydrogens (tertiary/aromatic N) is 1. The molecule has 0 saturated carbocycles. The summed E-state index contributed by atoms with van der Waals surface area (Å²) in [5, 5.41) is 1.36. The fraction of sp³-hybridized carbons (Fsp3) is 1.00. The normalized spacial score (nSPS) is 9.33. The lowest BCUT2D eigenvalue weighted by Gasteiger charge is -2.12. The Hall–Kier alpha value is 0.170. The van der Waals surface area contributed by atoms with Crippen LogP contribution >= 0.6 is 12.4 Å². The third-order valence-electron chi connectivity index (χ3n) is 0.622. The standard InChI is InChI=1S/C5H13NO2.ClH/c1-4-7-6(3)8-5-2;/h4-5H2,1-3H3;1H. The van der Waals surface area contributed by atoms with Gasteiger partial charge in [0.05, 0.1) is 13.2 Å². The van der Waals surface area contributed by atoms with Crippen LogP contribution in [-0.4, -0.2) is 25.5 Å². The quantitative estimate of drug-likeness (QED) is 0.571. The summed E-state index contributed by atoms with van der Waals surface area (Å²) in [4.78, 5) is 9.79.